The molecule has 0 heterocycles. The van der Waals surface area contributed by atoms with Gasteiger partial charge >= 0.3 is 0 Å². The van der Waals surface area contributed by atoms with E-state index in [-0.39, 0.29) is 6.54 Å². The van der Waals surface area contributed by atoms with E-state index in [1.807, 2.05) is 19.1 Å². The standard InChI is InChI=1S/C16H17Cl2NO2S/c1-10-6-11(2)16(12(3)7-10)22(20,21)19-9-13-4-5-14(17)8-15(13)18/h4-8,19H,9H2,1-3H3. The van der Waals surface area contributed by atoms with Gasteiger partial charge in [-0.15, -0.1) is 0 Å². The number of nitrogens with one attached hydrogen (secondary N) is 1. The molecular formula is C16H17Cl2NO2S. The highest BCUT2D eigenvalue weighted by atomic mass is 35.5. The van der Waals surface area contributed by atoms with E-state index in [0.29, 0.717) is 20.5 Å². The molecule has 0 spiro atoms. The smallest absolute Gasteiger partial charge is 0.207 e. The molecule has 22 heavy (non-hydrogen) atoms. The maximum Gasteiger partial charge on any atom is 0.241 e. The second-order valence-corrected chi connectivity index (χ2v) is 7.84. The van der Waals surface area contributed by atoms with Crippen molar-refractivity contribution < 1.29 is 8.42 Å². The van der Waals surface area contributed by atoms with Gasteiger partial charge in [-0.25, -0.2) is 13.1 Å². The molecule has 0 aliphatic carbocycles. The Kier molecular flexibility index (Phi) is 5.17. The third-order valence-corrected chi connectivity index (χ3v) is 5.63. The molecule has 0 aliphatic rings. The summed E-state index contributed by atoms with van der Waals surface area (Å²) in [5, 5.41) is 0.953. The van der Waals surface area contributed by atoms with E-state index >= 15 is 0 Å². The van der Waals surface area contributed by atoms with Gasteiger partial charge in [0.05, 0.1) is 4.90 Å². The zero-order valence-corrected chi connectivity index (χ0v) is 14.9. The maximum atomic E-state index is 12.6. The zero-order valence-electron chi connectivity index (χ0n) is 12.6. The minimum atomic E-state index is -3.61. The van der Waals surface area contributed by atoms with Crippen LogP contribution in [-0.2, 0) is 16.6 Å². The second kappa shape index (κ2) is 6.59. The summed E-state index contributed by atoms with van der Waals surface area (Å²) in [6.07, 6.45) is 0. The summed E-state index contributed by atoms with van der Waals surface area (Å²) in [4.78, 5) is 0.322. The Hall–Kier alpha value is -1.07. The van der Waals surface area contributed by atoms with Crippen LogP contribution < -0.4 is 4.72 Å². The lowest BCUT2D eigenvalue weighted by molar-refractivity contribution is 0.580. The van der Waals surface area contributed by atoms with Crippen LogP contribution in [0.4, 0.5) is 0 Å². The van der Waals surface area contributed by atoms with Crippen LogP contribution in [0.3, 0.4) is 0 Å². The number of rotatable bonds is 4. The number of hydrogen-bond acceptors (Lipinski definition) is 2. The number of halogens is 2. The van der Waals surface area contributed by atoms with E-state index < -0.39 is 10.0 Å². The Morgan fingerprint density at radius 2 is 1.59 bits per heavy atom. The van der Waals surface area contributed by atoms with E-state index in [1.54, 1.807) is 32.0 Å². The molecule has 0 aromatic heterocycles. The van der Waals surface area contributed by atoms with Crippen LogP contribution in [0, 0.1) is 20.8 Å². The molecule has 0 radical (unpaired) electrons. The van der Waals surface area contributed by atoms with E-state index in [0.717, 1.165) is 16.7 Å². The Morgan fingerprint density at radius 1 is 1.00 bits per heavy atom. The number of aryl methyl sites for hydroxylation is 3. The SMILES string of the molecule is Cc1cc(C)c(S(=O)(=O)NCc2ccc(Cl)cc2Cl)c(C)c1. The van der Waals surface area contributed by atoms with E-state index in [1.165, 1.54) is 0 Å². The highest BCUT2D eigenvalue weighted by molar-refractivity contribution is 7.89. The first-order valence-corrected chi connectivity index (χ1v) is 8.96. The van der Waals surface area contributed by atoms with Crippen molar-refractivity contribution in [1.82, 2.24) is 4.72 Å². The fourth-order valence-corrected chi connectivity index (χ4v) is 4.43. The van der Waals surface area contributed by atoms with Gasteiger partial charge in [0.15, 0.2) is 0 Å². The molecule has 0 amide bonds. The van der Waals surface area contributed by atoms with Crippen molar-refractivity contribution in [2.75, 3.05) is 0 Å². The van der Waals surface area contributed by atoms with Crippen molar-refractivity contribution in [3.8, 4) is 0 Å². The van der Waals surface area contributed by atoms with Crippen LogP contribution in [0.25, 0.3) is 0 Å². The zero-order chi connectivity index (χ0) is 16.5. The third-order valence-electron chi connectivity index (χ3n) is 3.34. The molecule has 0 bridgehead atoms. The van der Waals surface area contributed by atoms with Crippen LogP contribution in [0.1, 0.15) is 22.3 Å². The van der Waals surface area contributed by atoms with Crippen LogP contribution >= 0.6 is 23.2 Å². The summed E-state index contributed by atoms with van der Waals surface area (Å²) >= 11 is 11.9. The minimum Gasteiger partial charge on any atom is -0.207 e. The number of sulfonamides is 1. The summed E-state index contributed by atoms with van der Waals surface area (Å²) in [5.41, 5.74) is 3.17. The monoisotopic (exact) mass is 357 g/mol. The molecule has 0 atom stereocenters. The predicted octanol–water partition coefficient (Wildman–Crippen LogP) is 4.40. The molecule has 3 nitrogen and oxygen atoms in total. The Morgan fingerprint density at radius 3 is 2.14 bits per heavy atom. The van der Waals surface area contributed by atoms with Crippen LogP contribution in [-0.4, -0.2) is 8.42 Å². The second-order valence-electron chi connectivity index (χ2n) is 5.29. The minimum absolute atomic E-state index is 0.116. The molecule has 0 unspecified atom stereocenters. The number of hydrogen-bond donors (Lipinski definition) is 1. The van der Waals surface area contributed by atoms with E-state index in [9.17, 15) is 8.42 Å². The van der Waals surface area contributed by atoms with Crippen molar-refractivity contribution in [3.05, 3.63) is 62.6 Å². The molecule has 2 rings (SSSR count). The van der Waals surface area contributed by atoms with Crippen molar-refractivity contribution in [2.24, 2.45) is 0 Å². The van der Waals surface area contributed by atoms with Gasteiger partial charge < -0.3 is 0 Å². The molecule has 0 fully saturated rings. The van der Waals surface area contributed by atoms with Crippen LogP contribution in [0.5, 0.6) is 0 Å². The molecule has 2 aromatic rings. The van der Waals surface area contributed by atoms with Gasteiger partial charge in [-0.1, -0.05) is 47.0 Å². The summed E-state index contributed by atoms with van der Waals surface area (Å²) in [6.45, 7) is 5.65. The normalized spacial score (nSPS) is 11.7. The van der Waals surface area contributed by atoms with E-state index in [4.69, 9.17) is 23.2 Å². The average molecular weight is 358 g/mol. The van der Waals surface area contributed by atoms with Gasteiger partial charge in [-0.3, -0.25) is 0 Å². The molecule has 0 saturated heterocycles. The van der Waals surface area contributed by atoms with Crippen LogP contribution in [0.2, 0.25) is 10.0 Å². The van der Waals surface area contributed by atoms with E-state index in [2.05, 4.69) is 4.72 Å². The Labute approximate surface area is 141 Å². The molecule has 0 saturated carbocycles. The Bertz CT molecular complexity index is 794. The average Bonchev–Trinajstić information content (AvgIpc) is 2.35. The lowest BCUT2D eigenvalue weighted by atomic mass is 10.1. The first-order chi connectivity index (χ1) is 10.2. The molecular weight excluding hydrogens is 341 g/mol. The van der Waals surface area contributed by atoms with Gasteiger partial charge in [-0.05, 0) is 49.6 Å². The van der Waals surface area contributed by atoms with Crippen molar-refractivity contribution in [3.63, 3.8) is 0 Å². The van der Waals surface area contributed by atoms with Gasteiger partial charge in [0.25, 0.3) is 0 Å². The predicted molar refractivity (Wildman–Crippen MR) is 91.1 cm³/mol. The fourth-order valence-electron chi connectivity index (χ4n) is 2.50. The van der Waals surface area contributed by atoms with Gasteiger partial charge in [-0.2, -0.15) is 0 Å². The summed E-state index contributed by atoms with van der Waals surface area (Å²) < 4.78 is 27.7. The van der Waals surface area contributed by atoms with Gasteiger partial charge in [0.1, 0.15) is 0 Å². The van der Waals surface area contributed by atoms with Crippen molar-refractivity contribution >= 4 is 33.2 Å². The third kappa shape index (κ3) is 3.82. The molecule has 0 aliphatic heterocycles. The molecule has 6 heteroatoms. The first-order valence-electron chi connectivity index (χ1n) is 6.72. The highest BCUT2D eigenvalue weighted by Crippen LogP contribution is 2.24. The maximum absolute atomic E-state index is 12.6. The summed E-state index contributed by atoms with van der Waals surface area (Å²) in [5.74, 6) is 0. The van der Waals surface area contributed by atoms with Gasteiger partial charge in [0, 0.05) is 16.6 Å². The molecule has 118 valence electrons. The molecule has 1 N–H and O–H groups in total. The van der Waals surface area contributed by atoms with Crippen molar-refractivity contribution in [1.29, 1.82) is 0 Å². The fraction of sp³-hybridized carbons (Fsp3) is 0.250. The number of benzene rings is 2. The lowest BCUT2D eigenvalue weighted by Gasteiger charge is -2.13. The first kappa shape index (κ1) is 17.3. The lowest BCUT2D eigenvalue weighted by Crippen LogP contribution is -2.25. The quantitative estimate of drug-likeness (QED) is 0.881. The molecule has 2 aromatic carbocycles. The Balaban J connectivity index is 2.29. The van der Waals surface area contributed by atoms with Crippen molar-refractivity contribution in [2.45, 2.75) is 32.2 Å². The summed E-state index contributed by atoms with van der Waals surface area (Å²) in [7, 11) is -3.61. The van der Waals surface area contributed by atoms with Crippen LogP contribution in [0.15, 0.2) is 35.2 Å². The largest absolute Gasteiger partial charge is 0.241 e. The topological polar surface area (TPSA) is 46.2 Å². The summed E-state index contributed by atoms with van der Waals surface area (Å²) in [6, 6.07) is 8.70. The van der Waals surface area contributed by atoms with Gasteiger partial charge in [0.2, 0.25) is 10.0 Å². The highest BCUT2D eigenvalue weighted by Gasteiger charge is 2.20.